The second kappa shape index (κ2) is 10.7. The van der Waals surface area contributed by atoms with Gasteiger partial charge in [0, 0.05) is 12.6 Å². The van der Waals surface area contributed by atoms with E-state index in [0.29, 0.717) is 20.3 Å². The van der Waals surface area contributed by atoms with Crippen LogP contribution in [0.1, 0.15) is 41.8 Å². The van der Waals surface area contributed by atoms with Crippen LogP contribution in [0.4, 0.5) is 0 Å². The number of hydrogen-bond donors (Lipinski definition) is 1. The number of nitrogens with one attached hydrogen (secondary N) is 1. The number of ketones is 1. The Morgan fingerprint density at radius 3 is 2.83 bits per heavy atom. The molecule has 4 heterocycles. The summed E-state index contributed by atoms with van der Waals surface area (Å²) in [6.07, 6.45) is 7.28. The molecular weight excluding hydrogens is 524 g/mol. The summed E-state index contributed by atoms with van der Waals surface area (Å²) in [5, 5.41) is 10.5. The molecule has 2 aliphatic heterocycles. The molecule has 3 aliphatic rings. The largest absolute Gasteiger partial charge is 0.612 e. The predicted molar refractivity (Wildman–Crippen MR) is 135 cm³/mol. The van der Waals surface area contributed by atoms with Crippen molar-refractivity contribution >= 4 is 51.7 Å². The second-order valence-electron chi connectivity index (χ2n) is 9.44. The van der Waals surface area contributed by atoms with Crippen molar-refractivity contribution in [3.05, 3.63) is 29.3 Å². The van der Waals surface area contributed by atoms with Crippen LogP contribution in [0.5, 0.6) is 0 Å². The maximum absolute atomic E-state index is 13.8. The molecule has 0 bridgehead atoms. The standard InChI is InChI=1S/C24H27ClN4O5S2/c1-36(33)14-9-16(28-26-10-14)18-7-8-19(35-18)23(31)27-20(13-5-3-2-4-6-13)24(32)29-11-15(25)22-21(29)17(30)12-34-22/h7-10,13,15,20-22H,2-6,11-12H2,1H3,(H,27,31)/t15-,20-,21+,22+,36?/m0/s1. The molecule has 1 saturated carbocycles. The summed E-state index contributed by atoms with van der Waals surface area (Å²) in [6, 6.07) is 3.71. The lowest BCUT2D eigenvalue weighted by atomic mass is 9.83. The van der Waals surface area contributed by atoms with Crippen LogP contribution in [0.25, 0.3) is 10.6 Å². The smallest absolute Gasteiger partial charge is 0.262 e. The molecule has 1 unspecified atom stereocenters. The number of rotatable bonds is 6. The molecule has 192 valence electrons. The van der Waals surface area contributed by atoms with Gasteiger partial charge in [0.25, 0.3) is 5.91 Å². The van der Waals surface area contributed by atoms with E-state index in [1.807, 2.05) is 0 Å². The van der Waals surface area contributed by atoms with Gasteiger partial charge < -0.3 is 19.5 Å². The number of carbonyl (C=O) groups excluding carboxylic acids is 3. The van der Waals surface area contributed by atoms with Crippen molar-refractivity contribution in [2.45, 2.75) is 60.6 Å². The number of Topliss-reactive ketones (excluding diaryl/α,β-unsaturated/α-hetero) is 1. The van der Waals surface area contributed by atoms with E-state index in [4.69, 9.17) is 16.3 Å². The number of alkyl halides is 1. The van der Waals surface area contributed by atoms with Crippen LogP contribution < -0.4 is 5.32 Å². The van der Waals surface area contributed by atoms with Crippen LogP contribution in [0.2, 0.25) is 0 Å². The van der Waals surface area contributed by atoms with Crippen LogP contribution in [0.3, 0.4) is 0 Å². The zero-order chi connectivity index (χ0) is 25.4. The summed E-state index contributed by atoms with van der Waals surface area (Å²) >= 11 is 6.44. The number of halogens is 1. The average molecular weight is 551 g/mol. The van der Waals surface area contributed by atoms with Crippen LogP contribution in [0.15, 0.2) is 29.3 Å². The van der Waals surface area contributed by atoms with Gasteiger partial charge in [0.1, 0.15) is 42.9 Å². The molecule has 5 atom stereocenters. The van der Waals surface area contributed by atoms with Crippen molar-refractivity contribution in [2.24, 2.45) is 5.92 Å². The van der Waals surface area contributed by atoms with Crippen molar-refractivity contribution in [3.63, 3.8) is 0 Å². The van der Waals surface area contributed by atoms with Crippen molar-refractivity contribution < 1.29 is 23.7 Å². The number of ether oxygens (including phenoxy) is 1. The SMILES string of the molecule is C[S+]([O-])c1cnnc(-c2ccc(C(=O)N[C@H](C(=O)N3C[C@H](Cl)[C@H]4OCC(=O)[C@H]43)C3CCCCC3)s2)c1. The molecule has 12 heteroatoms. The first-order chi connectivity index (χ1) is 17.3. The van der Waals surface area contributed by atoms with E-state index in [-0.39, 0.29) is 36.7 Å². The highest BCUT2D eigenvalue weighted by Gasteiger charge is 2.53. The molecule has 5 rings (SSSR count). The number of thiophene rings is 1. The minimum absolute atomic E-state index is 0.0121. The summed E-state index contributed by atoms with van der Waals surface area (Å²) < 4.78 is 17.3. The monoisotopic (exact) mass is 550 g/mol. The van der Waals surface area contributed by atoms with E-state index in [2.05, 4.69) is 15.5 Å². The topological polar surface area (TPSA) is 125 Å². The fourth-order valence-corrected chi connectivity index (χ4v) is 6.99. The lowest BCUT2D eigenvalue weighted by Gasteiger charge is -2.34. The molecule has 0 radical (unpaired) electrons. The number of nitrogens with zero attached hydrogens (tertiary/aromatic N) is 3. The molecule has 36 heavy (non-hydrogen) atoms. The third kappa shape index (κ3) is 5.04. The zero-order valence-electron chi connectivity index (χ0n) is 19.7. The number of aromatic nitrogens is 2. The van der Waals surface area contributed by atoms with Gasteiger partial charge in [0.05, 0.1) is 15.1 Å². The van der Waals surface area contributed by atoms with Crippen LogP contribution in [0, 0.1) is 5.92 Å². The Morgan fingerprint density at radius 1 is 1.31 bits per heavy atom. The summed E-state index contributed by atoms with van der Waals surface area (Å²) in [6.45, 7) is 0.175. The van der Waals surface area contributed by atoms with Gasteiger partial charge in [-0.25, -0.2) is 0 Å². The molecular formula is C24H27ClN4O5S2. The molecule has 9 nitrogen and oxygen atoms in total. The van der Waals surface area contributed by atoms with Crippen molar-refractivity contribution in [1.29, 1.82) is 0 Å². The van der Waals surface area contributed by atoms with E-state index in [0.717, 1.165) is 32.1 Å². The highest BCUT2D eigenvalue weighted by Crippen LogP contribution is 2.34. The van der Waals surface area contributed by atoms with Crippen LogP contribution in [-0.4, -0.2) is 80.2 Å². The molecule has 1 N–H and O–H groups in total. The first kappa shape index (κ1) is 25.6. The Balaban J connectivity index is 1.36. The van der Waals surface area contributed by atoms with Gasteiger partial charge in [-0.15, -0.1) is 28.0 Å². The quantitative estimate of drug-likeness (QED) is 0.432. The van der Waals surface area contributed by atoms with E-state index >= 15 is 0 Å². The van der Waals surface area contributed by atoms with Gasteiger partial charge >= 0.3 is 0 Å². The molecule has 2 aromatic heterocycles. The Hall–Kier alpha value is -2.05. The van der Waals surface area contributed by atoms with E-state index in [1.54, 1.807) is 24.5 Å². The minimum Gasteiger partial charge on any atom is -0.612 e. The summed E-state index contributed by atoms with van der Waals surface area (Å²) in [7, 11) is 0. The predicted octanol–water partition coefficient (Wildman–Crippen LogP) is 2.41. The number of carbonyl (C=O) groups is 3. The lowest BCUT2D eigenvalue weighted by Crippen LogP contribution is -2.55. The van der Waals surface area contributed by atoms with Gasteiger partial charge in [-0.1, -0.05) is 19.3 Å². The highest BCUT2D eigenvalue weighted by molar-refractivity contribution is 7.90. The Labute approximate surface area is 221 Å². The first-order valence-corrected chi connectivity index (χ1v) is 14.8. The fourth-order valence-electron chi connectivity index (χ4n) is 5.29. The number of hydrogen-bond acceptors (Lipinski definition) is 8. The lowest BCUT2D eigenvalue weighted by molar-refractivity contribution is -0.139. The summed E-state index contributed by atoms with van der Waals surface area (Å²) in [5.41, 5.74) is 0.530. The maximum atomic E-state index is 13.8. The van der Waals surface area contributed by atoms with Gasteiger partial charge in [0.15, 0.2) is 10.7 Å². The third-order valence-corrected chi connectivity index (χ3v) is 9.50. The van der Waals surface area contributed by atoms with E-state index < -0.39 is 34.7 Å². The molecule has 3 fully saturated rings. The van der Waals surface area contributed by atoms with Crippen molar-refractivity contribution in [3.8, 4) is 10.6 Å². The molecule has 2 amide bonds. The third-order valence-electron chi connectivity index (χ3n) is 7.12. The summed E-state index contributed by atoms with van der Waals surface area (Å²) in [5.74, 6) is -0.787. The van der Waals surface area contributed by atoms with Crippen molar-refractivity contribution in [1.82, 2.24) is 20.4 Å². The first-order valence-electron chi connectivity index (χ1n) is 12.0. The van der Waals surface area contributed by atoms with Gasteiger partial charge in [-0.05, 0) is 42.1 Å². The summed E-state index contributed by atoms with van der Waals surface area (Å²) in [4.78, 5) is 42.8. The Kier molecular flexibility index (Phi) is 7.64. The van der Waals surface area contributed by atoms with Gasteiger partial charge in [-0.3, -0.25) is 14.4 Å². The number of likely N-dealkylation sites (tertiary alicyclic amines) is 1. The number of amides is 2. The Bertz CT molecular complexity index is 1160. The van der Waals surface area contributed by atoms with Crippen LogP contribution in [-0.2, 0) is 25.5 Å². The normalized spacial score (nSPS) is 26.0. The van der Waals surface area contributed by atoms with Crippen molar-refractivity contribution in [2.75, 3.05) is 19.4 Å². The van der Waals surface area contributed by atoms with E-state index in [9.17, 15) is 18.9 Å². The molecule has 1 aliphatic carbocycles. The fraction of sp³-hybridized carbons (Fsp3) is 0.542. The molecule has 0 spiro atoms. The molecule has 2 aromatic rings. The average Bonchev–Trinajstić information content (AvgIpc) is 3.61. The maximum Gasteiger partial charge on any atom is 0.262 e. The minimum atomic E-state index is -1.20. The number of fused-ring (bicyclic) bond motifs is 1. The molecule has 0 aromatic carbocycles. The van der Waals surface area contributed by atoms with E-state index in [1.165, 1.54) is 22.4 Å². The second-order valence-corrected chi connectivity index (χ2v) is 12.5. The van der Waals surface area contributed by atoms with Gasteiger partial charge in [0.2, 0.25) is 5.91 Å². The Morgan fingerprint density at radius 2 is 2.08 bits per heavy atom. The molecule has 2 saturated heterocycles. The van der Waals surface area contributed by atoms with Crippen LogP contribution >= 0.6 is 22.9 Å². The van der Waals surface area contributed by atoms with Gasteiger partial charge in [-0.2, -0.15) is 5.10 Å². The highest BCUT2D eigenvalue weighted by atomic mass is 35.5. The zero-order valence-corrected chi connectivity index (χ0v) is 22.1.